The molecule has 0 aromatic heterocycles. The Labute approximate surface area is 95.0 Å². The topological polar surface area (TPSA) is 27.6 Å². The van der Waals surface area contributed by atoms with Crippen molar-refractivity contribution in [3.8, 4) is 0 Å². The summed E-state index contributed by atoms with van der Waals surface area (Å²) in [7, 11) is 4.06. The number of aliphatic imine (C=N–C) groups is 1. The van der Waals surface area contributed by atoms with E-state index in [-0.39, 0.29) is 0 Å². The van der Waals surface area contributed by atoms with E-state index < -0.39 is 0 Å². The molecule has 1 unspecified atom stereocenters. The van der Waals surface area contributed by atoms with Crippen molar-refractivity contribution in [2.45, 2.75) is 52.5 Å². The molecule has 90 valence electrons. The molecule has 0 spiro atoms. The second-order valence-corrected chi connectivity index (χ2v) is 4.23. The van der Waals surface area contributed by atoms with E-state index >= 15 is 0 Å². The number of hydrogen-bond donors (Lipinski definition) is 1. The molecule has 1 atom stereocenters. The third-order valence-electron chi connectivity index (χ3n) is 2.35. The van der Waals surface area contributed by atoms with Crippen molar-refractivity contribution in [2.75, 3.05) is 20.6 Å². The monoisotopic (exact) mass is 213 g/mol. The molecule has 0 aliphatic carbocycles. The second-order valence-electron chi connectivity index (χ2n) is 4.23. The lowest BCUT2D eigenvalue weighted by molar-refractivity contribution is 0.508. The van der Waals surface area contributed by atoms with Gasteiger partial charge in [-0.15, -0.1) is 0 Å². The van der Waals surface area contributed by atoms with Crippen LogP contribution >= 0.6 is 0 Å². The quantitative estimate of drug-likeness (QED) is 0.417. The molecule has 0 amide bonds. The van der Waals surface area contributed by atoms with Crippen molar-refractivity contribution in [3.63, 3.8) is 0 Å². The largest absolute Gasteiger partial charge is 0.354 e. The van der Waals surface area contributed by atoms with Crippen LogP contribution in [-0.4, -0.2) is 37.5 Å². The molecule has 0 aromatic carbocycles. The smallest absolute Gasteiger partial charge is 0.193 e. The Morgan fingerprint density at radius 3 is 2.40 bits per heavy atom. The molecule has 3 nitrogen and oxygen atoms in total. The maximum absolute atomic E-state index is 4.42. The summed E-state index contributed by atoms with van der Waals surface area (Å²) in [6, 6.07) is 0.518. The molecule has 0 aliphatic heterocycles. The number of hydrogen-bond acceptors (Lipinski definition) is 1. The van der Waals surface area contributed by atoms with E-state index in [2.05, 4.69) is 31.1 Å². The summed E-state index contributed by atoms with van der Waals surface area (Å²) in [6.45, 7) is 7.36. The molecule has 0 heterocycles. The van der Waals surface area contributed by atoms with Gasteiger partial charge < -0.3 is 10.2 Å². The van der Waals surface area contributed by atoms with Crippen LogP contribution in [0.15, 0.2) is 4.99 Å². The van der Waals surface area contributed by atoms with E-state index in [9.17, 15) is 0 Å². The number of guanidine groups is 1. The van der Waals surface area contributed by atoms with Gasteiger partial charge in [-0.1, -0.05) is 26.2 Å². The van der Waals surface area contributed by atoms with Crippen molar-refractivity contribution in [1.29, 1.82) is 0 Å². The van der Waals surface area contributed by atoms with Crippen LogP contribution < -0.4 is 5.32 Å². The van der Waals surface area contributed by atoms with Crippen molar-refractivity contribution in [3.05, 3.63) is 0 Å². The summed E-state index contributed by atoms with van der Waals surface area (Å²) in [4.78, 5) is 6.46. The molecular formula is C12H27N3. The summed E-state index contributed by atoms with van der Waals surface area (Å²) < 4.78 is 0. The van der Waals surface area contributed by atoms with Gasteiger partial charge in [0.2, 0.25) is 0 Å². The van der Waals surface area contributed by atoms with Gasteiger partial charge in [0.1, 0.15) is 0 Å². The average molecular weight is 213 g/mol. The normalized spacial score (nSPS) is 13.8. The lowest BCUT2D eigenvalue weighted by atomic mass is 10.1. The highest BCUT2D eigenvalue weighted by molar-refractivity contribution is 5.79. The van der Waals surface area contributed by atoms with Crippen molar-refractivity contribution >= 4 is 5.96 Å². The fourth-order valence-corrected chi connectivity index (χ4v) is 1.46. The van der Waals surface area contributed by atoms with Gasteiger partial charge in [-0.05, 0) is 20.3 Å². The van der Waals surface area contributed by atoms with Gasteiger partial charge in [0.25, 0.3) is 0 Å². The molecular weight excluding hydrogens is 186 g/mol. The first kappa shape index (κ1) is 14.3. The minimum Gasteiger partial charge on any atom is -0.354 e. The summed E-state index contributed by atoms with van der Waals surface area (Å²) >= 11 is 0. The third-order valence-corrected chi connectivity index (χ3v) is 2.35. The predicted molar refractivity (Wildman–Crippen MR) is 68.4 cm³/mol. The summed E-state index contributed by atoms with van der Waals surface area (Å²) in [5.41, 5.74) is 0. The van der Waals surface area contributed by atoms with Crippen molar-refractivity contribution in [2.24, 2.45) is 4.99 Å². The fourth-order valence-electron chi connectivity index (χ4n) is 1.46. The lowest BCUT2D eigenvalue weighted by Crippen LogP contribution is -2.41. The average Bonchev–Trinajstić information content (AvgIpc) is 2.17. The van der Waals surface area contributed by atoms with E-state index in [1.807, 2.05) is 19.0 Å². The highest BCUT2D eigenvalue weighted by Gasteiger charge is 2.06. The number of rotatable bonds is 6. The zero-order chi connectivity index (χ0) is 11.7. The van der Waals surface area contributed by atoms with Gasteiger partial charge in [-0.3, -0.25) is 4.99 Å². The van der Waals surface area contributed by atoms with E-state index in [0.717, 1.165) is 12.5 Å². The first-order valence-electron chi connectivity index (χ1n) is 6.10. The minimum atomic E-state index is 0.518. The van der Waals surface area contributed by atoms with Crippen LogP contribution in [0.25, 0.3) is 0 Å². The Morgan fingerprint density at radius 1 is 1.27 bits per heavy atom. The zero-order valence-electron chi connectivity index (χ0n) is 11.0. The molecule has 0 rings (SSSR count). The molecule has 0 saturated heterocycles. The standard InChI is InChI=1S/C12H27N3/c1-6-8-9-10-11(3)14-12(13-7-2)15(4)5/h11H,6-10H2,1-5H3,(H,13,14). The first-order valence-corrected chi connectivity index (χ1v) is 6.10. The highest BCUT2D eigenvalue weighted by atomic mass is 15.3. The molecule has 0 radical (unpaired) electrons. The van der Waals surface area contributed by atoms with Crippen LogP contribution in [-0.2, 0) is 0 Å². The Bertz CT molecular complexity index is 176. The zero-order valence-corrected chi connectivity index (χ0v) is 11.0. The lowest BCUT2D eigenvalue weighted by Gasteiger charge is -2.22. The van der Waals surface area contributed by atoms with E-state index in [1.54, 1.807) is 0 Å². The van der Waals surface area contributed by atoms with Crippen LogP contribution in [0, 0.1) is 0 Å². The molecule has 0 fully saturated rings. The SMILES string of the molecule is CCCCCC(C)NC(=NCC)N(C)C. The highest BCUT2D eigenvalue weighted by Crippen LogP contribution is 2.03. The number of nitrogens with zero attached hydrogens (tertiary/aromatic N) is 2. The van der Waals surface area contributed by atoms with Gasteiger partial charge in [-0.25, -0.2) is 0 Å². The maximum Gasteiger partial charge on any atom is 0.193 e. The van der Waals surface area contributed by atoms with Gasteiger partial charge in [0, 0.05) is 26.7 Å². The van der Waals surface area contributed by atoms with E-state index in [4.69, 9.17) is 0 Å². The first-order chi connectivity index (χ1) is 7.11. The van der Waals surface area contributed by atoms with Gasteiger partial charge in [0.15, 0.2) is 5.96 Å². The Kier molecular flexibility index (Phi) is 8.15. The summed E-state index contributed by atoms with van der Waals surface area (Å²) in [6.07, 6.45) is 5.15. The van der Waals surface area contributed by atoms with Crippen LogP contribution in [0.1, 0.15) is 46.5 Å². The molecule has 0 saturated carbocycles. The van der Waals surface area contributed by atoms with Gasteiger partial charge in [0.05, 0.1) is 0 Å². The molecule has 1 N–H and O–H groups in total. The third kappa shape index (κ3) is 7.23. The van der Waals surface area contributed by atoms with E-state index in [1.165, 1.54) is 25.7 Å². The fraction of sp³-hybridized carbons (Fsp3) is 0.917. The predicted octanol–water partition coefficient (Wildman–Crippen LogP) is 2.48. The number of nitrogens with one attached hydrogen (secondary N) is 1. The second kappa shape index (κ2) is 8.57. The summed E-state index contributed by atoms with van der Waals surface area (Å²) in [5, 5.41) is 3.45. The van der Waals surface area contributed by atoms with Gasteiger partial charge >= 0.3 is 0 Å². The Morgan fingerprint density at radius 2 is 1.93 bits per heavy atom. The molecule has 0 aromatic rings. The van der Waals surface area contributed by atoms with Crippen LogP contribution in [0.4, 0.5) is 0 Å². The van der Waals surface area contributed by atoms with Crippen LogP contribution in [0.5, 0.6) is 0 Å². The Balaban J connectivity index is 3.90. The van der Waals surface area contributed by atoms with Crippen LogP contribution in [0.3, 0.4) is 0 Å². The molecule has 15 heavy (non-hydrogen) atoms. The van der Waals surface area contributed by atoms with Crippen molar-refractivity contribution in [1.82, 2.24) is 10.2 Å². The molecule has 0 aliphatic rings. The van der Waals surface area contributed by atoms with Crippen LogP contribution in [0.2, 0.25) is 0 Å². The summed E-state index contributed by atoms with van der Waals surface area (Å²) in [5.74, 6) is 1.00. The number of unbranched alkanes of at least 4 members (excludes halogenated alkanes) is 2. The maximum atomic E-state index is 4.42. The van der Waals surface area contributed by atoms with Crippen molar-refractivity contribution < 1.29 is 0 Å². The Hall–Kier alpha value is -0.730. The molecule has 3 heteroatoms. The minimum absolute atomic E-state index is 0.518. The van der Waals surface area contributed by atoms with Gasteiger partial charge in [-0.2, -0.15) is 0 Å². The van der Waals surface area contributed by atoms with E-state index in [0.29, 0.717) is 6.04 Å². The molecule has 0 bridgehead atoms.